The number of rotatable bonds is 3. The first kappa shape index (κ1) is 13.3. The number of benzene rings is 1. The number of carbonyl (C=O) groups is 2. The van der Waals surface area contributed by atoms with Crippen LogP contribution in [0.25, 0.3) is 0 Å². The Morgan fingerprint density at radius 2 is 1.71 bits per heavy atom. The maximum atomic E-state index is 11.9. The molecule has 0 fully saturated rings. The van der Waals surface area contributed by atoms with Crippen LogP contribution in [0.2, 0.25) is 0 Å². The second-order valence-electron chi connectivity index (χ2n) is 3.17. The van der Waals surface area contributed by atoms with Gasteiger partial charge in [0.1, 0.15) is 6.26 Å². The normalized spacial score (nSPS) is 9.41. The van der Waals surface area contributed by atoms with E-state index in [1.807, 2.05) is 0 Å². The number of furan rings is 1. The molecule has 2 rings (SSSR count). The fraction of sp³-hybridized carbons (Fsp3) is 0. The zero-order chi connectivity index (χ0) is 11.5. The summed E-state index contributed by atoms with van der Waals surface area (Å²) in [5.74, 6) is -1.76. The molecule has 0 atom stereocenters. The summed E-state index contributed by atoms with van der Waals surface area (Å²) in [6.07, 6.45) is 2.63. The van der Waals surface area contributed by atoms with E-state index in [0.717, 1.165) is 0 Å². The largest absolute Gasteiger partial charge is 1.00 e. The average molecular weight is 222 g/mol. The monoisotopic (exact) mass is 222 g/mol. The molecule has 0 aliphatic heterocycles. The van der Waals surface area contributed by atoms with Crippen LogP contribution in [0.5, 0.6) is 0 Å². The number of aromatic carboxylic acids is 1. The molecule has 1 heterocycles. The fourth-order valence-corrected chi connectivity index (χ4v) is 1.41. The molecular weight excluding hydrogens is 215 g/mol. The molecule has 2 aromatic rings. The van der Waals surface area contributed by atoms with E-state index in [-0.39, 0.29) is 30.0 Å². The number of hydrogen-bond donors (Lipinski definition) is 0. The van der Waals surface area contributed by atoms with Crippen molar-refractivity contribution in [3.63, 3.8) is 0 Å². The third kappa shape index (κ3) is 2.67. The van der Waals surface area contributed by atoms with Crippen molar-refractivity contribution in [2.24, 2.45) is 0 Å². The predicted octanol–water partition coefficient (Wildman–Crippen LogP) is -2.12. The standard InChI is InChI=1S/C12H8O4.Li/c13-11(8-5-6-16-7-8)9-3-1-2-4-10(9)12(14)15;/h1-7H,(H,14,15);/q;+1/p-1. The maximum Gasteiger partial charge on any atom is 1.00 e. The molecule has 17 heavy (non-hydrogen) atoms. The van der Waals surface area contributed by atoms with Gasteiger partial charge in [-0.1, -0.05) is 24.3 Å². The number of ketones is 1. The summed E-state index contributed by atoms with van der Waals surface area (Å²) in [5.41, 5.74) is 0.298. The van der Waals surface area contributed by atoms with Gasteiger partial charge in [0.15, 0.2) is 5.78 Å². The molecule has 80 valence electrons. The van der Waals surface area contributed by atoms with E-state index in [9.17, 15) is 14.7 Å². The van der Waals surface area contributed by atoms with E-state index in [1.54, 1.807) is 6.07 Å². The molecule has 0 aliphatic rings. The number of hydrogen-bond acceptors (Lipinski definition) is 4. The van der Waals surface area contributed by atoms with Crippen molar-refractivity contribution in [3.8, 4) is 0 Å². The Bertz CT molecular complexity index is 531. The minimum Gasteiger partial charge on any atom is -0.545 e. The zero-order valence-corrected chi connectivity index (χ0v) is 9.17. The zero-order valence-electron chi connectivity index (χ0n) is 9.17. The first-order valence-electron chi connectivity index (χ1n) is 4.57. The van der Waals surface area contributed by atoms with Crippen LogP contribution in [0.3, 0.4) is 0 Å². The van der Waals surface area contributed by atoms with Gasteiger partial charge >= 0.3 is 18.9 Å². The third-order valence-electron chi connectivity index (χ3n) is 2.17. The quantitative estimate of drug-likeness (QED) is 0.439. The van der Waals surface area contributed by atoms with Crippen LogP contribution in [0.1, 0.15) is 26.3 Å². The molecule has 4 nitrogen and oxygen atoms in total. The van der Waals surface area contributed by atoms with E-state index in [4.69, 9.17) is 4.42 Å². The molecular formula is C12H7LiO4. The summed E-state index contributed by atoms with van der Waals surface area (Å²) in [6.45, 7) is 0. The Balaban J connectivity index is 0.00000144. The summed E-state index contributed by atoms with van der Waals surface area (Å²) in [7, 11) is 0. The van der Waals surface area contributed by atoms with Crippen molar-refractivity contribution in [3.05, 3.63) is 59.5 Å². The van der Waals surface area contributed by atoms with Gasteiger partial charge in [-0.3, -0.25) is 4.79 Å². The van der Waals surface area contributed by atoms with Gasteiger partial charge in [0.2, 0.25) is 0 Å². The van der Waals surface area contributed by atoms with Gasteiger partial charge in [-0.15, -0.1) is 0 Å². The molecule has 1 aromatic carbocycles. The van der Waals surface area contributed by atoms with Crippen LogP contribution in [0, 0.1) is 0 Å². The molecule has 0 spiro atoms. The Hall–Kier alpha value is -1.76. The van der Waals surface area contributed by atoms with Gasteiger partial charge in [0.25, 0.3) is 0 Å². The summed E-state index contributed by atoms with van der Waals surface area (Å²) >= 11 is 0. The smallest absolute Gasteiger partial charge is 0.545 e. The fourth-order valence-electron chi connectivity index (χ4n) is 1.41. The van der Waals surface area contributed by atoms with Crippen molar-refractivity contribution < 1.29 is 38.0 Å². The Morgan fingerprint density at radius 1 is 1.06 bits per heavy atom. The van der Waals surface area contributed by atoms with Crippen LogP contribution < -0.4 is 24.0 Å². The van der Waals surface area contributed by atoms with E-state index in [0.29, 0.717) is 5.56 Å². The molecule has 0 aliphatic carbocycles. The maximum absolute atomic E-state index is 11.9. The molecule has 0 N–H and O–H groups in total. The third-order valence-corrected chi connectivity index (χ3v) is 2.17. The number of carboxylic acids is 1. The van der Waals surface area contributed by atoms with Crippen molar-refractivity contribution >= 4 is 11.8 Å². The van der Waals surface area contributed by atoms with E-state index < -0.39 is 11.8 Å². The molecule has 0 amide bonds. The van der Waals surface area contributed by atoms with Gasteiger partial charge in [-0.2, -0.15) is 0 Å². The topological polar surface area (TPSA) is 70.3 Å². The minimum absolute atomic E-state index is 0. The predicted molar refractivity (Wildman–Crippen MR) is 52.9 cm³/mol. The van der Waals surface area contributed by atoms with Gasteiger partial charge in [-0.25, -0.2) is 0 Å². The SMILES string of the molecule is O=C([O-])c1ccccc1C(=O)c1ccoc1.[Li+]. The molecule has 0 bridgehead atoms. The first-order valence-corrected chi connectivity index (χ1v) is 4.57. The number of carbonyl (C=O) groups excluding carboxylic acids is 2. The second kappa shape index (κ2) is 5.53. The van der Waals surface area contributed by atoms with Crippen molar-refractivity contribution in [1.29, 1.82) is 0 Å². The average Bonchev–Trinajstić information content (AvgIpc) is 2.81. The van der Waals surface area contributed by atoms with Crippen LogP contribution in [0.15, 0.2) is 47.3 Å². The Morgan fingerprint density at radius 3 is 2.24 bits per heavy atom. The minimum atomic E-state index is -1.37. The molecule has 0 unspecified atom stereocenters. The summed E-state index contributed by atoms with van der Waals surface area (Å²) in [4.78, 5) is 22.7. The molecule has 5 heteroatoms. The molecule has 0 saturated carbocycles. The van der Waals surface area contributed by atoms with Crippen LogP contribution in [-0.4, -0.2) is 11.8 Å². The van der Waals surface area contributed by atoms with Crippen molar-refractivity contribution in [2.45, 2.75) is 0 Å². The Kier molecular flexibility index (Phi) is 4.33. The number of carboxylic acid groups (broad SMARTS) is 1. The van der Waals surface area contributed by atoms with Crippen molar-refractivity contribution in [1.82, 2.24) is 0 Å². The second-order valence-corrected chi connectivity index (χ2v) is 3.17. The van der Waals surface area contributed by atoms with E-state index in [2.05, 4.69) is 0 Å². The van der Waals surface area contributed by atoms with Gasteiger partial charge in [0, 0.05) is 11.1 Å². The summed E-state index contributed by atoms with van der Waals surface area (Å²) in [5, 5.41) is 10.8. The van der Waals surface area contributed by atoms with Crippen molar-refractivity contribution in [2.75, 3.05) is 0 Å². The summed E-state index contributed by atoms with van der Waals surface area (Å²) < 4.78 is 4.77. The van der Waals surface area contributed by atoms with E-state index >= 15 is 0 Å². The van der Waals surface area contributed by atoms with Gasteiger partial charge < -0.3 is 14.3 Å². The molecule has 0 radical (unpaired) electrons. The Labute approximate surface area is 109 Å². The van der Waals surface area contributed by atoms with Crippen LogP contribution >= 0.6 is 0 Å². The van der Waals surface area contributed by atoms with Gasteiger partial charge in [0.05, 0.1) is 17.8 Å². The summed E-state index contributed by atoms with van der Waals surface area (Å²) in [6, 6.07) is 7.40. The molecule has 1 aromatic heterocycles. The van der Waals surface area contributed by atoms with Gasteiger partial charge in [-0.05, 0) is 6.07 Å². The first-order chi connectivity index (χ1) is 7.70. The van der Waals surface area contributed by atoms with Crippen LogP contribution in [0.4, 0.5) is 0 Å². The van der Waals surface area contributed by atoms with E-state index in [1.165, 1.54) is 36.8 Å². The molecule has 0 saturated heterocycles. The van der Waals surface area contributed by atoms with Crippen LogP contribution in [-0.2, 0) is 0 Å².